The van der Waals surface area contributed by atoms with Crippen LogP contribution in [0.25, 0.3) is 0 Å². The summed E-state index contributed by atoms with van der Waals surface area (Å²) >= 11 is 3.48. The van der Waals surface area contributed by atoms with Crippen LogP contribution in [0.5, 0.6) is 0 Å². The van der Waals surface area contributed by atoms with Gasteiger partial charge in [0.25, 0.3) is 0 Å². The van der Waals surface area contributed by atoms with E-state index in [0.717, 1.165) is 16.5 Å². The van der Waals surface area contributed by atoms with Crippen LogP contribution in [0.15, 0.2) is 22.7 Å². The van der Waals surface area contributed by atoms with Gasteiger partial charge in [0.1, 0.15) is 0 Å². The Hall–Kier alpha value is -0.0900. The second-order valence-electron chi connectivity index (χ2n) is 3.19. The molecule has 1 aromatic carbocycles. The Balaban J connectivity index is 0.00000169. The zero-order valence-electron chi connectivity index (χ0n) is 8.16. The lowest BCUT2D eigenvalue weighted by molar-refractivity contribution is 0.661. The molecule has 0 heterocycles. The highest BCUT2D eigenvalue weighted by Crippen LogP contribution is 2.21. The minimum absolute atomic E-state index is 0. The molecule has 4 N–H and O–H groups in total. The van der Waals surface area contributed by atoms with Crippen LogP contribution in [0, 0.1) is 6.92 Å². The molecule has 0 aromatic heterocycles. The lowest BCUT2D eigenvalue weighted by Crippen LogP contribution is -2.15. The third kappa shape index (κ3) is 3.58. The Kier molecular flexibility index (Phi) is 6.36. The van der Waals surface area contributed by atoms with Gasteiger partial charge in [-0.25, -0.2) is 0 Å². The first-order valence-corrected chi connectivity index (χ1v) is 5.16. The van der Waals surface area contributed by atoms with Crippen LogP contribution in [0.1, 0.15) is 23.6 Å². The normalized spacial score (nSPS) is 12.0. The second-order valence-corrected chi connectivity index (χ2v) is 4.05. The molecule has 1 atom stereocenters. The number of halogens is 2. The van der Waals surface area contributed by atoms with Gasteiger partial charge in [0.05, 0.1) is 0 Å². The maximum Gasteiger partial charge on any atom is 0.0307 e. The van der Waals surface area contributed by atoms with Gasteiger partial charge in [0, 0.05) is 10.5 Å². The Labute approximate surface area is 99.6 Å². The molecular weight excluding hydrogens is 263 g/mol. The second kappa shape index (κ2) is 6.40. The van der Waals surface area contributed by atoms with Crippen LogP contribution >= 0.6 is 28.3 Å². The van der Waals surface area contributed by atoms with E-state index >= 15 is 0 Å². The molecule has 0 spiro atoms. The average Bonchev–Trinajstić information content (AvgIpc) is 2.10. The zero-order valence-corrected chi connectivity index (χ0v) is 10.6. The van der Waals surface area contributed by atoms with E-state index in [1.54, 1.807) is 0 Å². The molecule has 80 valence electrons. The largest absolute Gasteiger partial charge is 0.330 e. The fourth-order valence-corrected chi connectivity index (χ4v) is 1.58. The van der Waals surface area contributed by atoms with Crippen LogP contribution in [-0.4, -0.2) is 6.54 Å². The van der Waals surface area contributed by atoms with Crippen molar-refractivity contribution in [1.29, 1.82) is 0 Å². The molecule has 0 bridgehead atoms. The Morgan fingerprint density at radius 3 is 2.57 bits per heavy atom. The SMILES string of the molecule is Cc1ccc([C@H](N)CCN)cc1Br.Cl. The number of benzene rings is 1. The molecule has 0 fully saturated rings. The number of nitrogens with two attached hydrogens (primary N) is 2. The minimum atomic E-state index is 0. The van der Waals surface area contributed by atoms with Crippen LogP contribution in [-0.2, 0) is 0 Å². The van der Waals surface area contributed by atoms with E-state index < -0.39 is 0 Å². The summed E-state index contributed by atoms with van der Waals surface area (Å²) < 4.78 is 1.11. The summed E-state index contributed by atoms with van der Waals surface area (Å²) in [6.45, 7) is 2.69. The van der Waals surface area contributed by atoms with Crippen molar-refractivity contribution >= 4 is 28.3 Å². The van der Waals surface area contributed by atoms with Gasteiger partial charge < -0.3 is 11.5 Å². The molecule has 0 amide bonds. The van der Waals surface area contributed by atoms with E-state index in [-0.39, 0.29) is 18.4 Å². The van der Waals surface area contributed by atoms with Gasteiger partial charge >= 0.3 is 0 Å². The van der Waals surface area contributed by atoms with Crippen molar-refractivity contribution in [3.05, 3.63) is 33.8 Å². The van der Waals surface area contributed by atoms with Crippen molar-refractivity contribution in [2.45, 2.75) is 19.4 Å². The summed E-state index contributed by atoms with van der Waals surface area (Å²) in [5.74, 6) is 0. The van der Waals surface area contributed by atoms with Gasteiger partial charge in [-0.2, -0.15) is 0 Å². The quantitative estimate of drug-likeness (QED) is 0.893. The van der Waals surface area contributed by atoms with Crippen LogP contribution in [0.2, 0.25) is 0 Å². The van der Waals surface area contributed by atoms with Gasteiger partial charge in [-0.15, -0.1) is 12.4 Å². The third-order valence-corrected chi connectivity index (χ3v) is 2.96. The van der Waals surface area contributed by atoms with Crippen molar-refractivity contribution in [2.75, 3.05) is 6.54 Å². The minimum Gasteiger partial charge on any atom is -0.330 e. The van der Waals surface area contributed by atoms with Crippen LogP contribution in [0.4, 0.5) is 0 Å². The van der Waals surface area contributed by atoms with Gasteiger partial charge in [0.2, 0.25) is 0 Å². The topological polar surface area (TPSA) is 52.0 Å². The van der Waals surface area contributed by atoms with Crippen LogP contribution < -0.4 is 11.5 Å². The number of hydrogen-bond donors (Lipinski definition) is 2. The van der Waals surface area contributed by atoms with E-state index in [1.165, 1.54) is 5.56 Å². The first-order chi connectivity index (χ1) is 6.15. The number of aryl methyl sites for hydroxylation is 1. The molecule has 0 aliphatic carbocycles. The molecular formula is C10H16BrClN2. The Bertz CT molecular complexity index is 291. The molecule has 0 radical (unpaired) electrons. The Morgan fingerprint density at radius 1 is 1.43 bits per heavy atom. The summed E-state index contributed by atoms with van der Waals surface area (Å²) in [7, 11) is 0. The standard InChI is InChI=1S/C10H15BrN2.ClH/c1-7-2-3-8(6-9(7)11)10(13)4-5-12;/h2-3,6,10H,4-5,12-13H2,1H3;1H/t10-;/m1./s1. The maximum atomic E-state index is 5.92. The first kappa shape index (κ1) is 13.9. The molecule has 0 aliphatic rings. The monoisotopic (exact) mass is 278 g/mol. The highest BCUT2D eigenvalue weighted by Gasteiger charge is 2.05. The number of rotatable bonds is 3. The summed E-state index contributed by atoms with van der Waals surface area (Å²) in [6, 6.07) is 6.24. The van der Waals surface area contributed by atoms with Gasteiger partial charge in [-0.1, -0.05) is 28.1 Å². The van der Waals surface area contributed by atoms with Gasteiger partial charge in [-0.05, 0) is 37.1 Å². The predicted molar refractivity (Wildman–Crippen MR) is 66.7 cm³/mol. The lowest BCUT2D eigenvalue weighted by Gasteiger charge is -2.11. The fourth-order valence-electron chi connectivity index (χ4n) is 1.19. The summed E-state index contributed by atoms with van der Waals surface area (Å²) in [6.07, 6.45) is 0.829. The van der Waals surface area contributed by atoms with Crippen LogP contribution in [0.3, 0.4) is 0 Å². The van der Waals surface area contributed by atoms with E-state index in [0.29, 0.717) is 6.54 Å². The highest BCUT2D eigenvalue weighted by atomic mass is 79.9. The molecule has 4 heteroatoms. The number of hydrogen-bond acceptors (Lipinski definition) is 2. The van der Waals surface area contributed by atoms with Crippen molar-refractivity contribution in [3.63, 3.8) is 0 Å². The maximum absolute atomic E-state index is 5.92. The van der Waals surface area contributed by atoms with Crippen molar-refractivity contribution in [3.8, 4) is 0 Å². The molecule has 1 aromatic rings. The smallest absolute Gasteiger partial charge is 0.0307 e. The lowest BCUT2D eigenvalue weighted by atomic mass is 10.0. The summed E-state index contributed by atoms with van der Waals surface area (Å²) in [5, 5.41) is 0. The van der Waals surface area contributed by atoms with E-state index in [4.69, 9.17) is 11.5 Å². The van der Waals surface area contributed by atoms with Gasteiger partial charge in [0.15, 0.2) is 0 Å². The molecule has 0 saturated carbocycles. The molecule has 0 aliphatic heterocycles. The van der Waals surface area contributed by atoms with E-state index in [2.05, 4.69) is 41.1 Å². The fraction of sp³-hybridized carbons (Fsp3) is 0.400. The molecule has 2 nitrogen and oxygen atoms in total. The molecule has 0 unspecified atom stereocenters. The Morgan fingerprint density at radius 2 is 2.07 bits per heavy atom. The van der Waals surface area contributed by atoms with Crippen molar-refractivity contribution in [1.82, 2.24) is 0 Å². The third-order valence-electron chi connectivity index (χ3n) is 2.10. The predicted octanol–water partition coefficient (Wildman–Crippen LogP) is 2.53. The van der Waals surface area contributed by atoms with Crippen molar-refractivity contribution < 1.29 is 0 Å². The summed E-state index contributed by atoms with van der Waals surface area (Å²) in [4.78, 5) is 0. The summed E-state index contributed by atoms with van der Waals surface area (Å²) in [5.41, 5.74) is 13.7. The zero-order chi connectivity index (χ0) is 9.84. The molecule has 14 heavy (non-hydrogen) atoms. The average molecular weight is 280 g/mol. The van der Waals surface area contributed by atoms with Crippen molar-refractivity contribution in [2.24, 2.45) is 11.5 Å². The highest BCUT2D eigenvalue weighted by molar-refractivity contribution is 9.10. The molecule has 0 saturated heterocycles. The van der Waals surface area contributed by atoms with E-state index in [1.807, 2.05) is 0 Å². The first-order valence-electron chi connectivity index (χ1n) is 4.37. The molecule has 1 rings (SSSR count). The van der Waals surface area contributed by atoms with Gasteiger partial charge in [-0.3, -0.25) is 0 Å². The van der Waals surface area contributed by atoms with E-state index in [9.17, 15) is 0 Å².